The maximum absolute atomic E-state index is 13.4. The second kappa shape index (κ2) is 8.15. The number of amides is 2. The summed E-state index contributed by atoms with van der Waals surface area (Å²) in [5, 5.41) is 0. The van der Waals surface area contributed by atoms with Crippen molar-refractivity contribution in [2.75, 3.05) is 31.6 Å². The Kier molecular flexibility index (Phi) is 5.88. The molecule has 3 rings (SSSR count). The summed E-state index contributed by atoms with van der Waals surface area (Å²) in [6, 6.07) is 6.01. The first-order valence-corrected chi connectivity index (χ1v) is 9.84. The topological polar surface area (TPSA) is 49.9 Å². The van der Waals surface area contributed by atoms with E-state index in [0.29, 0.717) is 37.8 Å². The Morgan fingerprint density at radius 3 is 2.56 bits per heavy atom. The van der Waals surface area contributed by atoms with Crippen molar-refractivity contribution in [3.63, 3.8) is 0 Å². The normalized spacial score (nSPS) is 20.4. The van der Waals surface area contributed by atoms with Crippen LogP contribution < -0.4 is 9.64 Å². The summed E-state index contributed by atoms with van der Waals surface area (Å²) >= 11 is 0. The number of hydrogen-bond acceptors (Lipinski definition) is 3. The minimum atomic E-state index is -0.0452. The van der Waals surface area contributed by atoms with Gasteiger partial charge in [0.25, 0.3) is 0 Å². The van der Waals surface area contributed by atoms with Crippen molar-refractivity contribution in [2.24, 2.45) is 17.8 Å². The third-order valence-corrected chi connectivity index (χ3v) is 6.02. The molecule has 1 fully saturated rings. The van der Waals surface area contributed by atoms with Gasteiger partial charge in [0.15, 0.2) is 0 Å². The number of likely N-dealkylation sites (tertiary alicyclic amines) is 1. The molecule has 5 nitrogen and oxygen atoms in total. The van der Waals surface area contributed by atoms with Gasteiger partial charge in [-0.1, -0.05) is 20.4 Å². The summed E-state index contributed by atoms with van der Waals surface area (Å²) in [6.45, 7) is 10.0. The molecule has 1 aromatic carbocycles. The second-order valence-corrected chi connectivity index (χ2v) is 7.96. The van der Waals surface area contributed by atoms with Gasteiger partial charge in [-0.25, -0.2) is 0 Å². The summed E-state index contributed by atoms with van der Waals surface area (Å²) in [5.41, 5.74) is 2.20. The second-order valence-electron chi connectivity index (χ2n) is 7.96. The molecular formula is C22H30N2O3. The molecule has 0 saturated carbocycles. The Hall–Kier alpha value is -2.30. The minimum Gasteiger partial charge on any atom is -0.497 e. The van der Waals surface area contributed by atoms with E-state index >= 15 is 0 Å². The van der Waals surface area contributed by atoms with Gasteiger partial charge in [0.1, 0.15) is 5.75 Å². The SMILES string of the molecule is C=CC(=O)N1CCC(C(=O)N2CC(C(C)C)Cc3cc(OC)ccc32)CC1. The summed E-state index contributed by atoms with van der Waals surface area (Å²) in [6.07, 6.45) is 3.75. The van der Waals surface area contributed by atoms with Crippen molar-refractivity contribution < 1.29 is 14.3 Å². The number of anilines is 1. The Morgan fingerprint density at radius 1 is 1.26 bits per heavy atom. The Labute approximate surface area is 162 Å². The number of carbonyl (C=O) groups is 2. The first-order valence-electron chi connectivity index (χ1n) is 9.84. The molecule has 1 unspecified atom stereocenters. The van der Waals surface area contributed by atoms with Gasteiger partial charge in [-0.3, -0.25) is 9.59 Å². The number of rotatable bonds is 4. The van der Waals surface area contributed by atoms with Crippen molar-refractivity contribution in [1.29, 1.82) is 0 Å². The molecule has 1 atom stereocenters. The van der Waals surface area contributed by atoms with Crippen LogP contribution in [0.1, 0.15) is 32.3 Å². The van der Waals surface area contributed by atoms with Gasteiger partial charge in [0.05, 0.1) is 7.11 Å². The summed E-state index contributed by atoms with van der Waals surface area (Å²) < 4.78 is 5.38. The fourth-order valence-electron chi connectivity index (χ4n) is 4.15. The van der Waals surface area contributed by atoms with Crippen LogP contribution in [0, 0.1) is 17.8 Å². The van der Waals surface area contributed by atoms with Crippen LogP contribution in [0.5, 0.6) is 5.75 Å². The highest BCUT2D eigenvalue weighted by Gasteiger charge is 2.35. The number of methoxy groups -OCH3 is 1. The van der Waals surface area contributed by atoms with E-state index in [1.807, 2.05) is 17.0 Å². The summed E-state index contributed by atoms with van der Waals surface area (Å²) in [7, 11) is 1.67. The molecule has 0 spiro atoms. The lowest BCUT2D eigenvalue weighted by Crippen LogP contribution is -2.47. The van der Waals surface area contributed by atoms with E-state index in [2.05, 4.69) is 26.5 Å². The first-order chi connectivity index (χ1) is 12.9. The maximum Gasteiger partial charge on any atom is 0.245 e. The largest absolute Gasteiger partial charge is 0.497 e. The van der Waals surface area contributed by atoms with Gasteiger partial charge in [0, 0.05) is 31.2 Å². The first kappa shape index (κ1) is 19.5. The molecule has 0 bridgehead atoms. The number of ether oxygens (including phenoxy) is 1. The molecule has 1 saturated heterocycles. The third kappa shape index (κ3) is 4.02. The number of benzene rings is 1. The molecule has 27 heavy (non-hydrogen) atoms. The standard InChI is InChI=1S/C22H30N2O3/c1-5-21(25)23-10-8-16(9-11-23)22(26)24-14-18(15(2)3)12-17-13-19(27-4)6-7-20(17)24/h5-7,13,15-16,18H,1,8-12,14H2,2-4H3. The fourth-order valence-corrected chi connectivity index (χ4v) is 4.15. The van der Waals surface area contributed by atoms with Gasteiger partial charge in [0.2, 0.25) is 11.8 Å². The zero-order chi connectivity index (χ0) is 19.6. The monoisotopic (exact) mass is 370 g/mol. The van der Waals surface area contributed by atoms with Gasteiger partial charge >= 0.3 is 0 Å². The lowest BCUT2D eigenvalue weighted by Gasteiger charge is -2.40. The molecule has 1 aromatic rings. The van der Waals surface area contributed by atoms with Gasteiger partial charge in [-0.15, -0.1) is 0 Å². The lowest BCUT2D eigenvalue weighted by atomic mass is 9.83. The summed E-state index contributed by atoms with van der Waals surface area (Å²) in [4.78, 5) is 28.9. The van der Waals surface area contributed by atoms with Crippen LogP contribution >= 0.6 is 0 Å². The van der Waals surface area contributed by atoms with E-state index in [1.54, 1.807) is 12.0 Å². The van der Waals surface area contributed by atoms with Crippen molar-refractivity contribution in [2.45, 2.75) is 33.1 Å². The highest BCUT2D eigenvalue weighted by molar-refractivity contribution is 5.96. The van der Waals surface area contributed by atoms with Crippen LogP contribution in [-0.4, -0.2) is 43.5 Å². The lowest BCUT2D eigenvalue weighted by molar-refractivity contribution is -0.131. The van der Waals surface area contributed by atoms with Crippen molar-refractivity contribution >= 4 is 17.5 Å². The van der Waals surface area contributed by atoms with Crippen molar-refractivity contribution in [3.05, 3.63) is 36.4 Å². The van der Waals surface area contributed by atoms with E-state index in [4.69, 9.17) is 4.74 Å². The van der Waals surface area contributed by atoms with E-state index in [-0.39, 0.29) is 17.7 Å². The highest BCUT2D eigenvalue weighted by atomic mass is 16.5. The highest BCUT2D eigenvalue weighted by Crippen LogP contribution is 2.36. The maximum atomic E-state index is 13.4. The molecule has 2 heterocycles. The number of fused-ring (bicyclic) bond motifs is 1. The van der Waals surface area contributed by atoms with Crippen molar-refractivity contribution in [1.82, 2.24) is 4.90 Å². The Balaban J connectivity index is 1.80. The zero-order valence-electron chi connectivity index (χ0n) is 16.6. The van der Waals surface area contributed by atoms with Crippen molar-refractivity contribution in [3.8, 4) is 5.75 Å². The molecule has 0 aromatic heterocycles. The smallest absolute Gasteiger partial charge is 0.245 e. The van der Waals surface area contributed by atoms with Crippen LogP contribution in [0.2, 0.25) is 0 Å². The predicted molar refractivity (Wildman–Crippen MR) is 107 cm³/mol. The minimum absolute atomic E-state index is 0.0280. The zero-order valence-corrected chi connectivity index (χ0v) is 16.6. The van der Waals surface area contributed by atoms with E-state index < -0.39 is 0 Å². The third-order valence-electron chi connectivity index (χ3n) is 6.02. The molecule has 146 valence electrons. The Morgan fingerprint density at radius 2 is 1.96 bits per heavy atom. The van der Waals surface area contributed by atoms with E-state index in [1.165, 1.54) is 11.6 Å². The number of nitrogens with zero attached hydrogens (tertiary/aromatic N) is 2. The number of hydrogen-bond donors (Lipinski definition) is 0. The predicted octanol–water partition coefficient (Wildman–Crippen LogP) is 3.28. The van der Waals surface area contributed by atoms with Gasteiger partial charge < -0.3 is 14.5 Å². The van der Waals surface area contributed by atoms with Crippen LogP contribution in [-0.2, 0) is 16.0 Å². The average Bonchev–Trinajstić information content (AvgIpc) is 2.71. The number of carbonyl (C=O) groups excluding carboxylic acids is 2. The van der Waals surface area contributed by atoms with Crippen LogP contribution in [0.25, 0.3) is 0 Å². The molecule has 2 aliphatic rings. The summed E-state index contributed by atoms with van der Waals surface area (Å²) in [5.74, 6) is 1.90. The van der Waals surface area contributed by atoms with Gasteiger partial charge in [-0.05, 0) is 60.9 Å². The number of piperidine rings is 1. The molecule has 2 aliphatic heterocycles. The van der Waals surface area contributed by atoms with Crippen LogP contribution in [0.15, 0.2) is 30.9 Å². The van der Waals surface area contributed by atoms with Crippen LogP contribution in [0.3, 0.4) is 0 Å². The van der Waals surface area contributed by atoms with E-state index in [9.17, 15) is 9.59 Å². The molecule has 0 radical (unpaired) electrons. The molecule has 0 aliphatic carbocycles. The van der Waals surface area contributed by atoms with Gasteiger partial charge in [-0.2, -0.15) is 0 Å². The van der Waals surface area contributed by atoms with E-state index in [0.717, 1.165) is 24.4 Å². The molecular weight excluding hydrogens is 340 g/mol. The quantitative estimate of drug-likeness (QED) is 0.764. The molecule has 5 heteroatoms. The average molecular weight is 370 g/mol. The van der Waals surface area contributed by atoms with Crippen LogP contribution in [0.4, 0.5) is 5.69 Å². The fraction of sp³-hybridized carbons (Fsp3) is 0.545. The molecule has 2 amide bonds. The Bertz CT molecular complexity index is 720. The molecule has 0 N–H and O–H groups in total.